The van der Waals surface area contributed by atoms with Gasteiger partial charge in [0.1, 0.15) is 11.9 Å². The van der Waals surface area contributed by atoms with Crippen molar-refractivity contribution in [2.24, 2.45) is 0 Å². The molecule has 0 radical (unpaired) electrons. The molecule has 0 bridgehead atoms. The molecule has 0 saturated carbocycles. The zero-order valence-corrected chi connectivity index (χ0v) is 10.5. The van der Waals surface area contributed by atoms with Gasteiger partial charge in [0.25, 0.3) is 0 Å². The minimum absolute atomic E-state index is 0.595. The number of hydrogen-bond donors (Lipinski definition) is 0. The Labute approximate surface area is 107 Å². The number of nitrogens with zero attached hydrogens (tertiary/aromatic N) is 4. The van der Waals surface area contributed by atoms with E-state index in [1.807, 2.05) is 37.1 Å². The molecular formula is C14H14N4. The number of aryl methyl sites for hydroxylation is 1. The molecule has 0 atom stereocenters. The number of rotatable bonds is 3. The molecule has 4 heteroatoms. The third-order valence-electron chi connectivity index (χ3n) is 2.67. The molecule has 0 saturated heterocycles. The predicted molar refractivity (Wildman–Crippen MR) is 70.0 cm³/mol. The van der Waals surface area contributed by atoms with Crippen LogP contribution >= 0.6 is 0 Å². The summed E-state index contributed by atoms with van der Waals surface area (Å²) in [5.74, 6) is 0.717. The van der Waals surface area contributed by atoms with E-state index in [9.17, 15) is 0 Å². The SMILES string of the molecule is Cc1ccc(C#N)c(N(C)Cc2ccncc2)n1. The van der Waals surface area contributed by atoms with E-state index in [-0.39, 0.29) is 0 Å². The van der Waals surface area contributed by atoms with Crippen molar-refractivity contribution in [1.29, 1.82) is 5.26 Å². The van der Waals surface area contributed by atoms with E-state index >= 15 is 0 Å². The molecule has 4 nitrogen and oxygen atoms in total. The molecular weight excluding hydrogens is 224 g/mol. The van der Waals surface area contributed by atoms with Gasteiger partial charge in [0.2, 0.25) is 0 Å². The lowest BCUT2D eigenvalue weighted by atomic mass is 10.2. The fourth-order valence-corrected chi connectivity index (χ4v) is 1.76. The molecule has 0 aliphatic rings. The lowest BCUT2D eigenvalue weighted by molar-refractivity contribution is 0.887. The Hall–Kier alpha value is -2.41. The van der Waals surface area contributed by atoms with Crippen molar-refractivity contribution in [3.63, 3.8) is 0 Å². The smallest absolute Gasteiger partial charge is 0.146 e. The predicted octanol–water partition coefficient (Wildman–Crippen LogP) is 2.29. The maximum atomic E-state index is 9.10. The van der Waals surface area contributed by atoms with Gasteiger partial charge < -0.3 is 4.90 Å². The van der Waals surface area contributed by atoms with Gasteiger partial charge in [-0.05, 0) is 36.8 Å². The summed E-state index contributed by atoms with van der Waals surface area (Å²) in [5.41, 5.74) is 2.64. The van der Waals surface area contributed by atoms with E-state index in [4.69, 9.17) is 5.26 Å². The van der Waals surface area contributed by atoms with Crippen molar-refractivity contribution in [2.45, 2.75) is 13.5 Å². The Morgan fingerprint density at radius 3 is 2.61 bits per heavy atom. The number of anilines is 1. The fraction of sp³-hybridized carbons (Fsp3) is 0.214. The molecule has 18 heavy (non-hydrogen) atoms. The van der Waals surface area contributed by atoms with E-state index in [0.717, 1.165) is 11.3 Å². The van der Waals surface area contributed by atoms with Crippen molar-refractivity contribution in [3.8, 4) is 6.07 Å². The molecule has 0 N–H and O–H groups in total. The van der Waals surface area contributed by atoms with Gasteiger partial charge in [0.15, 0.2) is 0 Å². The molecule has 0 aliphatic carbocycles. The second kappa shape index (κ2) is 5.28. The maximum absolute atomic E-state index is 9.10. The van der Waals surface area contributed by atoms with Crippen LogP contribution in [0.4, 0.5) is 5.82 Å². The first-order valence-electron chi connectivity index (χ1n) is 5.68. The van der Waals surface area contributed by atoms with Gasteiger partial charge in [0, 0.05) is 31.7 Å². The minimum Gasteiger partial charge on any atom is -0.354 e. The monoisotopic (exact) mass is 238 g/mol. The van der Waals surface area contributed by atoms with Crippen molar-refractivity contribution in [1.82, 2.24) is 9.97 Å². The van der Waals surface area contributed by atoms with Gasteiger partial charge in [-0.1, -0.05) is 0 Å². The van der Waals surface area contributed by atoms with Gasteiger partial charge >= 0.3 is 0 Å². The molecule has 2 aromatic heterocycles. The summed E-state index contributed by atoms with van der Waals surface area (Å²) < 4.78 is 0. The van der Waals surface area contributed by atoms with E-state index in [0.29, 0.717) is 17.9 Å². The van der Waals surface area contributed by atoms with Crippen LogP contribution in [0.5, 0.6) is 0 Å². The van der Waals surface area contributed by atoms with Crippen LogP contribution in [0.2, 0.25) is 0 Å². The molecule has 0 spiro atoms. The largest absolute Gasteiger partial charge is 0.354 e. The Morgan fingerprint density at radius 2 is 1.94 bits per heavy atom. The summed E-state index contributed by atoms with van der Waals surface area (Å²) in [7, 11) is 1.93. The van der Waals surface area contributed by atoms with Crippen molar-refractivity contribution in [2.75, 3.05) is 11.9 Å². The molecule has 0 amide bonds. The highest BCUT2D eigenvalue weighted by molar-refractivity contribution is 5.54. The molecule has 0 aliphatic heterocycles. The Kier molecular flexibility index (Phi) is 3.54. The highest BCUT2D eigenvalue weighted by Crippen LogP contribution is 2.18. The average Bonchev–Trinajstić information content (AvgIpc) is 2.40. The van der Waals surface area contributed by atoms with Gasteiger partial charge in [0.05, 0.1) is 5.56 Å². The third kappa shape index (κ3) is 2.64. The molecule has 2 rings (SSSR count). The van der Waals surface area contributed by atoms with Crippen LogP contribution in [-0.4, -0.2) is 17.0 Å². The molecule has 90 valence electrons. The van der Waals surface area contributed by atoms with Gasteiger partial charge in [-0.15, -0.1) is 0 Å². The highest BCUT2D eigenvalue weighted by atomic mass is 15.2. The fourth-order valence-electron chi connectivity index (χ4n) is 1.76. The van der Waals surface area contributed by atoms with E-state index in [1.165, 1.54) is 0 Å². The second-order valence-corrected chi connectivity index (χ2v) is 4.15. The van der Waals surface area contributed by atoms with Crippen LogP contribution < -0.4 is 4.90 Å². The minimum atomic E-state index is 0.595. The van der Waals surface area contributed by atoms with Crippen LogP contribution in [0, 0.1) is 18.3 Å². The highest BCUT2D eigenvalue weighted by Gasteiger charge is 2.09. The number of aromatic nitrogens is 2. The van der Waals surface area contributed by atoms with Crippen molar-refractivity contribution < 1.29 is 0 Å². The summed E-state index contributed by atoms with van der Waals surface area (Å²) >= 11 is 0. The zero-order valence-electron chi connectivity index (χ0n) is 10.5. The third-order valence-corrected chi connectivity index (χ3v) is 2.67. The standard InChI is InChI=1S/C14H14N4/c1-11-3-4-13(9-15)14(17-11)18(2)10-12-5-7-16-8-6-12/h3-8H,10H2,1-2H3. The molecule has 0 unspecified atom stereocenters. The quantitative estimate of drug-likeness (QED) is 0.823. The maximum Gasteiger partial charge on any atom is 0.146 e. The summed E-state index contributed by atoms with van der Waals surface area (Å²) in [6.07, 6.45) is 3.52. The zero-order chi connectivity index (χ0) is 13.0. The first kappa shape index (κ1) is 12.1. The van der Waals surface area contributed by atoms with E-state index < -0.39 is 0 Å². The van der Waals surface area contributed by atoms with Crippen LogP contribution in [0.3, 0.4) is 0 Å². The Morgan fingerprint density at radius 1 is 1.22 bits per heavy atom. The lowest BCUT2D eigenvalue weighted by Crippen LogP contribution is -2.19. The van der Waals surface area contributed by atoms with E-state index in [2.05, 4.69) is 16.0 Å². The number of hydrogen-bond acceptors (Lipinski definition) is 4. The lowest BCUT2D eigenvalue weighted by Gasteiger charge is -2.19. The first-order valence-corrected chi connectivity index (χ1v) is 5.68. The molecule has 2 aromatic rings. The Balaban J connectivity index is 2.26. The van der Waals surface area contributed by atoms with Crippen molar-refractivity contribution >= 4 is 5.82 Å². The van der Waals surface area contributed by atoms with Crippen LogP contribution in [0.15, 0.2) is 36.7 Å². The van der Waals surface area contributed by atoms with Crippen molar-refractivity contribution in [3.05, 3.63) is 53.5 Å². The van der Waals surface area contributed by atoms with E-state index in [1.54, 1.807) is 18.5 Å². The normalized spacial score (nSPS) is 9.83. The van der Waals surface area contributed by atoms with Gasteiger partial charge in [-0.25, -0.2) is 4.98 Å². The molecule has 2 heterocycles. The topological polar surface area (TPSA) is 52.8 Å². The Bertz CT molecular complexity index is 572. The van der Waals surface area contributed by atoms with Crippen LogP contribution in [-0.2, 0) is 6.54 Å². The van der Waals surface area contributed by atoms with Gasteiger partial charge in [-0.3, -0.25) is 4.98 Å². The molecule has 0 fully saturated rings. The summed E-state index contributed by atoms with van der Waals surface area (Å²) in [4.78, 5) is 10.4. The van der Waals surface area contributed by atoms with Gasteiger partial charge in [-0.2, -0.15) is 5.26 Å². The number of pyridine rings is 2. The summed E-state index contributed by atoms with van der Waals surface area (Å²) in [6, 6.07) is 9.74. The first-order chi connectivity index (χ1) is 8.70. The average molecular weight is 238 g/mol. The number of nitriles is 1. The molecule has 0 aromatic carbocycles. The second-order valence-electron chi connectivity index (χ2n) is 4.15. The summed E-state index contributed by atoms with van der Waals surface area (Å²) in [6.45, 7) is 2.62. The van der Waals surface area contributed by atoms with Crippen LogP contribution in [0.25, 0.3) is 0 Å². The van der Waals surface area contributed by atoms with Crippen LogP contribution in [0.1, 0.15) is 16.8 Å². The summed E-state index contributed by atoms with van der Waals surface area (Å²) in [5, 5.41) is 9.10.